The molecule has 6 aromatic carbocycles. The van der Waals surface area contributed by atoms with E-state index in [0.717, 1.165) is 57.0 Å². The van der Waals surface area contributed by atoms with E-state index in [1.807, 2.05) is 103 Å². The molecular formula is C62H54FN3O. The van der Waals surface area contributed by atoms with E-state index >= 15 is 4.39 Å². The van der Waals surface area contributed by atoms with Crippen molar-refractivity contribution < 1.29 is 26.6 Å². The lowest BCUT2D eigenvalue weighted by Gasteiger charge is -2.28. The molecule has 330 valence electrons. The van der Waals surface area contributed by atoms with Gasteiger partial charge in [-0.1, -0.05) is 161 Å². The van der Waals surface area contributed by atoms with Gasteiger partial charge in [-0.05, 0) is 124 Å². The Labute approximate surface area is 411 Å². The smallest absolute Gasteiger partial charge is 0.146 e. The van der Waals surface area contributed by atoms with Crippen LogP contribution in [0.1, 0.15) is 84.5 Å². The summed E-state index contributed by atoms with van der Waals surface area (Å²) in [7, 11) is 0. The summed E-state index contributed by atoms with van der Waals surface area (Å²) in [6.45, 7) is 5.26. The predicted molar refractivity (Wildman–Crippen MR) is 274 cm³/mol. The Hall–Kier alpha value is -7.50. The van der Waals surface area contributed by atoms with Gasteiger partial charge < -0.3 is 4.42 Å². The van der Waals surface area contributed by atoms with Crippen molar-refractivity contribution in [3.63, 3.8) is 0 Å². The molecule has 0 aliphatic carbocycles. The van der Waals surface area contributed by atoms with Crippen LogP contribution in [0.15, 0.2) is 193 Å². The summed E-state index contributed by atoms with van der Waals surface area (Å²) in [5.74, 6) is -1.19. The number of pyridine rings is 3. The summed E-state index contributed by atoms with van der Waals surface area (Å²) in [6.07, 6.45) is -0.416. The van der Waals surface area contributed by atoms with E-state index in [1.54, 1.807) is 30.3 Å². The normalized spacial score (nSPS) is 15.4. The molecule has 0 unspecified atom stereocenters. The van der Waals surface area contributed by atoms with Crippen LogP contribution in [-0.2, 0) is 36.4 Å². The molecule has 0 N–H and O–H groups in total. The highest BCUT2D eigenvalue weighted by atomic mass is 19.1. The van der Waals surface area contributed by atoms with Crippen molar-refractivity contribution in [2.24, 2.45) is 0 Å². The van der Waals surface area contributed by atoms with Crippen LogP contribution < -0.4 is 0 Å². The van der Waals surface area contributed by atoms with E-state index < -0.39 is 94.8 Å². The van der Waals surface area contributed by atoms with Gasteiger partial charge >= 0.3 is 0 Å². The fraction of sp³-hybridized carbons (Fsp3) is 0.177. The molecule has 0 amide bonds. The van der Waals surface area contributed by atoms with Gasteiger partial charge in [0.1, 0.15) is 17.0 Å². The van der Waals surface area contributed by atoms with Crippen LogP contribution in [-0.4, -0.2) is 15.0 Å². The summed E-state index contributed by atoms with van der Waals surface area (Å²) in [4.78, 5) is 14.2. The largest absolute Gasteiger partial charge is 0.455 e. The number of hydrogen-bond acceptors (Lipinski definition) is 4. The molecule has 5 heteroatoms. The van der Waals surface area contributed by atoms with Crippen molar-refractivity contribution in [3.05, 3.63) is 233 Å². The second-order valence-electron chi connectivity index (χ2n) is 18.1. The van der Waals surface area contributed by atoms with Gasteiger partial charge in [-0.25, -0.2) is 4.39 Å². The molecule has 0 fully saturated rings. The molecule has 0 aliphatic rings. The van der Waals surface area contributed by atoms with Crippen molar-refractivity contribution in [2.45, 2.75) is 71.0 Å². The first-order chi connectivity index (χ1) is 37.7. The third-order valence-corrected chi connectivity index (χ3v) is 12.4. The number of rotatable bonds is 13. The third kappa shape index (κ3) is 9.07. The molecule has 0 atom stereocenters. The maximum Gasteiger partial charge on any atom is 0.146 e. The molecule has 0 saturated carbocycles. The Kier molecular flexibility index (Phi) is 8.26. The van der Waals surface area contributed by atoms with Gasteiger partial charge in [0.2, 0.25) is 0 Å². The Bertz CT molecular complexity index is 3870. The van der Waals surface area contributed by atoms with E-state index in [-0.39, 0.29) is 33.4 Å². The number of para-hydroxylation sites is 1. The highest BCUT2D eigenvalue weighted by Gasteiger charge is 2.26. The van der Waals surface area contributed by atoms with E-state index in [4.69, 9.17) is 26.7 Å². The highest BCUT2D eigenvalue weighted by molar-refractivity contribution is 6.12. The molecule has 67 heavy (non-hydrogen) atoms. The first-order valence-corrected chi connectivity index (χ1v) is 22.1. The lowest BCUT2D eigenvalue weighted by atomic mass is 9.77. The quantitative estimate of drug-likeness (QED) is 0.116. The second kappa shape index (κ2) is 18.1. The van der Waals surface area contributed by atoms with E-state index in [9.17, 15) is 5.48 Å². The maximum absolute atomic E-state index is 16.2. The maximum atomic E-state index is 16.2. The number of halogens is 1. The number of hydrogen-bond donors (Lipinski definition) is 0. The van der Waals surface area contributed by atoms with Gasteiger partial charge in [0.25, 0.3) is 0 Å². The van der Waals surface area contributed by atoms with Crippen molar-refractivity contribution in [3.8, 4) is 44.9 Å². The Morgan fingerprint density at radius 1 is 0.552 bits per heavy atom. The minimum absolute atomic E-state index is 0.0137. The van der Waals surface area contributed by atoms with Crippen LogP contribution in [0.3, 0.4) is 0 Å². The molecule has 0 spiro atoms. The predicted octanol–water partition coefficient (Wildman–Crippen LogP) is 15.7. The summed E-state index contributed by atoms with van der Waals surface area (Å²) in [5.41, 5.74) is 3.60. The van der Waals surface area contributed by atoms with E-state index in [1.165, 1.54) is 6.07 Å². The standard InChI is InChI=1S/C62H54FN3O/c1-41-32-57(53-23-15-22-51-52-28-29-54(63)58(60(52)67-59(51)53)47-20-13-8-14-21-47)64-38-48(41)25-24-42-33-43(36-61(2,3)49-26-30-55(65-39-49)45-16-9-6-10-17-45)35-44(34-42)37-62(4,5)50-27-31-56(66-40-50)46-18-11-7-12-19-46/h6-23,26-35,38-40H,24-25,36-37H2,1-5H3/i1D3,8D,13D,14D,20D,21D,24D2,25D2,29D. The molecule has 4 aromatic heterocycles. The number of fused-ring (bicyclic) bond motifs is 3. The first-order valence-electron chi connectivity index (χ1n) is 28.6. The Morgan fingerprint density at radius 2 is 1.13 bits per heavy atom. The van der Waals surface area contributed by atoms with Gasteiger partial charge in [0.05, 0.1) is 30.9 Å². The Morgan fingerprint density at radius 3 is 1.72 bits per heavy atom. The fourth-order valence-corrected chi connectivity index (χ4v) is 8.83. The zero-order chi connectivity index (χ0) is 57.4. The molecule has 0 saturated heterocycles. The summed E-state index contributed by atoms with van der Waals surface area (Å²) in [6, 6.07) is 35.9. The number of benzene rings is 6. The molecular weight excluding hydrogens is 822 g/mol. The molecule has 4 nitrogen and oxygen atoms in total. The van der Waals surface area contributed by atoms with Gasteiger partial charge in [0.15, 0.2) is 0 Å². The van der Waals surface area contributed by atoms with Crippen LogP contribution in [0, 0.1) is 12.7 Å². The van der Waals surface area contributed by atoms with Gasteiger partial charge in [-0.15, -0.1) is 0 Å². The average molecular weight is 889 g/mol. The molecule has 0 bridgehead atoms. The van der Waals surface area contributed by atoms with Gasteiger partial charge in [-0.3, -0.25) is 15.0 Å². The third-order valence-electron chi connectivity index (χ3n) is 12.4. The van der Waals surface area contributed by atoms with Crippen molar-refractivity contribution in [1.82, 2.24) is 15.0 Å². The molecule has 0 aliphatic heterocycles. The topological polar surface area (TPSA) is 51.8 Å². The zero-order valence-electron chi connectivity index (χ0n) is 50.5. The minimum Gasteiger partial charge on any atom is -0.455 e. The highest BCUT2D eigenvalue weighted by Crippen LogP contribution is 2.41. The summed E-state index contributed by atoms with van der Waals surface area (Å²) < 4.78 is 138. The number of nitrogens with zero attached hydrogens (tertiary/aromatic N) is 3. The van der Waals surface area contributed by atoms with Crippen molar-refractivity contribution in [2.75, 3.05) is 0 Å². The minimum atomic E-state index is -3.04. The molecule has 0 radical (unpaired) electrons. The van der Waals surface area contributed by atoms with Crippen LogP contribution >= 0.6 is 0 Å². The summed E-state index contributed by atoms with van der Waals surface area (Å²) >= 11 is 0. The summed E-state index contributed by atoms with van der Waals surface area (Å²) in [5, 5.41) is 0.464. The van der Waals surface area contributed by atoms with Crippen molar-refractivity contribution in [1.29, 1.82) is 0 Å². The molecule has 10 aromatic rings. The number of aromatic nitrogens is 3. The van der Waals surface area contributed by atoms with Crippen LogP contribution in [0.25, 0.3) is 66.8 Å². The van der Waals surface area contributed by atoms with E-state index in [2.05, 4.69) is 32.7 Å². The lowest BCUT2D eigenvalue weighted by molar-refractivity contribution is 0.512. The van der Waals surface area contributed by atoms with Crippen LogP contribution in [0.4, 0.5) is 4.39 Å². The number of aryl methyl sites for hydroxylation is 3. The molecule has 10 rings (SSSR count). The molecule has 4 heterocycles. The monoisotopic (exact) mass is 889 g/mol. The zero-order valence-corrected chi connectivity index (χ0v) is 37.5. The fourth-order valence-electron chi connectivity index (χ4n) is 8.83. The van der Waals surface area contributed by atoms with Gasteiger partial charge in [0, 0.05) is 55.6 Å². The van der Waals surface area contributed by atoms with Gasteiger partial charge in [-0.2, -0.15) is 0 Å². The van der Waals surface area contributed by atoms with Crippen LogP contribution in [0.5, 0.6) is 0 Å². The lowest BCUT2D eigenvalue weighted by Crippen LogP contribution is -2.23. The number of furan rings is 1. The van der Waals surface area contributed by atoms with Crippen molar-refractivity contribution >= 4 is 21.9 Å². The average Bonchev–Trinajstić information content (AvgIpc) is 3.87. The first kappa shape index (κ1) is 30.7. The Balaban J connectivity index is 1.06. The van der Waals surface area contributed by atoms with Crippen LogP contribution in [0.2, 0.25) is 0 Å². The SMILES string of the molecule is [2H]c1cc2c(oc3c(-c4cc(C([2H])([2H])[2H])c(C([2H])([2H])C([2H])([2H])c5cc(CC(C)(C)c6ccc(-c7ccccc7)nc6)cc(CC(C)(C)c6ccc(-c7ccccc7)nc6)c5)cn4)cccc32)c(-c2c([2H])c([2H])c([2H])c([2H])c2[2H])c1F. The van der Waals surface area contributed by atoms with E-state index in [0.29, 0.717) is 18.2 Å². The second-order valence-corrected chi connectivity index (χ2v) is 18.1.